The Morgan fingerprint density at radius 2 is 2.06 bits per heavy atom. The van der Waals surface area contributed by atoms with Gasteiger partial charge in [-0.3, -0.25) is 0 Å². The quantitative estimate of drug-likeness (QED) is 0.738. The molecule has 0 radical (unpaired) electrons. The Kier molecular flexibility index (Phi) is 3.13. The van der Waals surface area contributed by atoms with Crippen LogP contribution in [0.2, 0.25) is 18.1 Å². The molecule has 106 valence electrons. The summed E-state index contributed by atoms with van der Waals surface area (Å²) in [6, 6.07) is 0. The van der Waals surface area contributed by atoms with E-state index in [2.05, 4.69) is 33.9 Å². The molecule has 18 heavy (non-hydrogen) atoms. The fourth-order valence-corrected chi connectivity index (χ4v) is 3.87. The number of fused-ring (bicyclic) bond motifs is 2. The minimum atomic E-state index is -1.88. The van der Waals surface area contributed by atoms with E-state index in [0.717, 1.165) is 0 Å². The molecule has 0 aromatic rings. The zero-order valence-corrected chi connectivity index (χ0v) is 13.7. The molecule has 2 heterocycles. The van der Waals surface area contributed by atoms with Crippen LogP contribution < -0.4 is 0 Å². The lowest BCUT2D eigenvalue weighted by atomic mass is 9.96. The van der Waals surface area contributed by atoms with Crippen molar-refractivity contribution in [1.29, 1.82) is 0 Å². The largest absolute Gasteiger partial charge is 0.408 e. The van der Waals surface area contributed by atoms with Crippen molar-refractivity contribution in [1.82, 2.24) is 0 Å². The van der Waals surface area contributed by atoms with E-state index in [1.165, 1.54) is 0 Å². The fourth-order valence-electron chi connectivity index (χ4n) is 2.55. The van der Waals surface area contributed by atoms with Gasteiger partial charge < -0.3 is 13.9 Å². The molecule has 2 aliphatic rings. The summed E-state index contributed by atoms with van der Waals surface area (Å²) in [5, 5.41) is 0.157. The second-order valence-electron chi connectivity index (χ2n) is 7.14. The second kappa shape index (κ2) is 4.30. The molecule has 2 aliphatic heterocycles. The van der Waals surface area contributed by atoms with Crippen molar-refractivity contribution < 1.29 is 15.3 Å². The lowest BCUT2D eigenvalue weighted by molar-refractivity contribution is -0.139. The van der Waals surface area contributed by atoms with Gasteiger partial charge in [0.05, 0.1) is 12.7 Å². The van der Waals surface area contributed by atoms with Crippen molar-refractivity contribution in [3.63, 3.8) is 0 Å². The molecule has 0 N–H and O–H groups in total. The van der Waals surface area contributed by atoms with E-state index in [4.69, 9.17) is 15.3 Å². The van der Waals surface area contributed by atoms with Crippen LogP contribution >= 0.6 is 0 Å². The van der Waals surface area contributed by atoms with E-state index in [0.29, 0.717) is 6.61 Å². The highest BCUT2D eigenvalue weighted by atomic mass is 28.4. The maximum absolute atomic E-state index is 8.16. The van der Waals surface area contributed by atoms with Gasteiger partial charge in [0.2, 0.25) is 0 Å². The highest BCUT2D eigenvalue weighted by Crippen LogP contribution is 2.47. The van der Waals surface area contributed by atoms with Gasteiger partial charge in [-0.05, 0) is 31.5 Å². The first-order valence-electron chi connectivity index (χ1n) is 7.48. The molecule has 0 spiro atoms. The summed E-state index contributed by atoms with van der Waals surface area (Å²) in [5.74, 6) is 0. The van der Waals surface area contributed by atoms with Crippen LogP contribution in [-0.4, -0.2) is 38.8 Å². The topological polar surface area (TPSA) is 27.7 Å². The van der Waals surface area contributed by atoms with Crippen LogP contribution in [0.4, 0.5) is 0 Å². The van der Waals surface area contributed by atoms with Crippen molar-refractivity contribution in [2.45, 2.75) is 83.1 Å². The van der Waals surface area contributed by atoms with E-state index in [1.54, 1.807) is 0 Å². The average molecular weight is 273 g/mol. The molecule has 0 aromatic heterocycles. The van der Waals surface area contributed by atoms with Gasteiger partial charge in [0, 0.05) is 1.37 Å². The lowest BCUT2D eigenvalue weighted by Crippen LogP contribution is -2.51. The summed E-state index contributed by atoms with van der Waals surface area (Å²) in [6.45, 7) is 15.6. The van der Waals surface area contributed by atoms with Crippen molar-refractivity contribution in [3.8, 4) is 0 Å². The normalized spacial score (nSPS) is 43.1. The van der Waals surface area contributed by atoms with Gasteiger partial charge in [-0.15, -0.1) is 0 Å². The predicted octanol–water partition coefficient (Wildman–Crippen LogP) is 3.34. The third-order valence-corrected chi connectivity index (χ3v) is 9.32. The summed E-state index contributed by atoms with van der Waals surface area (Å²) in [6.07, 6.45) is -0.411. The minimum Gasteiger partial charge on any atom is -0.408 e. The second-order valence-corrected chi connectivity index (χ2v) is 11.9. The van der Waals surface area contributed by atoms with Crippen molar-refractivity contribution in [2.75, 3.05) is 6.61 Å². The molecular formula is C14H28O3Si. The standard InChI is InChI=1S/C14H28O3Si/c1-8-14-9-15-11(10(2)16-14)12(14)17-18(6,7)13(3,4)5/h10-12H,8-9H2,1-7H3/t10-,11+,12+,14+/m0/s1/i8D/t8-,10+,11-,12-,14-/m1. The Hall–Kier alpha value is 0.0969. The van der Waals surface area contributed by atoms with Crippen LogP contribution in [-0.2, 0) is 13.9 Å². The SMILES string of the molecule is [2H][C@H](C)[C@]12CO[C@H]([C@H](C)O1)[C@H]2O[Si](C)(C)C(C)(C)C. The van der Waals surface area contributed by atoms with E-state index in [9.17, 15) is 0 Å². The van der Waals surface area contributed by atoms with Crippen molar-refractivity contribution in [3.05, 3.63) is 0 Å². The van der Waals surface area contributed by atoms with Gasteiger partial charge >= 0.3 is 0 Å². The molecule has 0 aromatic carbocycles. The Morgan fingerprint density at radius 3 is 2.50 bits per heavy atom. The zero-order chi connectivity index (χ0) is 14.6. The number of hydrogen-bond donors (Lipinski definition) is 0. The molecule has 2 fully saturated rings. The zero-order valence-electron chi connectivity index (χ0n) is 13.7. The first kappa shape index (κ1) is 13.1. The van der Waals surface area contributed by atoms with Crippen LogP contribution in [0, 0.1) is 0 Å². The Morgan fingerprint density at radius 1 is 1.44 bits per heavy atom. The highest BCUT2D eigenvalue weighted by Gasteiger charge is 2.61. The Bertz CT molecular complexity index is 353. The first-order valence-corrected chi connectivity index (χ1v) is 9.81. The molecule has 2 bridgehead atoms. The third kappa shape index (κ3) is 2.07. The smallest absolute Gasteiger partial charge is 0.192 e. The number of rotatable bonds is 3. The van der Waals surface area contributed by atoms with Crippen LogP contribution in [0.15, 0.2) is 0 Å². The lowest BCUT2D eigenvalue weighted by Gasteiger charge is -2.40. The van der Waals surface area contributed by atoms with Crippen LogP contribution in [0.3, 0.4) is 0 Å². The molecule has 3 nitrogen and oxygen atoms in total. The van der Waals surface area contributed by atoms with Gasteiger partial charge in [-0.1, -0.05) is 27.7 Å². The highest BCUT2D eigenvalue weighted by molar-refractivity contribution is 6.74. The molecular weight excluding hydrogens is 244 g/mol. The first-order chi connectivity index (χ1) is 8.51. The Balaban J connectivity index is 2.25. The van der Waals surface area contributed by atoms with Crippen molar-refractivity contribution in [2.24, 2.45) is 0 Å². The monoisotopic (exact) mass is 273 g/mol. The van der Waals surface area contributed by atoms with E-state index in [1.807, 2.05) is 13.8 Å². The number of hydrogen-bond acceptors (Lipinski definition) is 3. The number of ether oxygens (including phenoxy) is 2. The predicted molar refractivity (Wildman–Crippen MR) is 75.4 cm³/mol. The van der Waals surface area contributed by atoms with Gasteiger partial charge in [0.15, 0.2) is 8.32 Å². The molecule has 4 heteroatoms. The van der Waals surface area contributed by atoms with E-state index in [-0.39, 0.29) is 29.7 Å². The van der Waals surface area contributed by atoms with Gasteiger partial charge in [0.1, 0.15) is 17.8 Å². The molecule has 0 saturated carbocycles. The van der Waals surface area contributed by atoms with Crippen LogP contribution in [0.1, 0.15) is 42.4 Å². The van der Waals surface area contributed by atoms with E-state index < -0.39 is 13.9 Å². The van der Waals surface area contributed by atoms with Crippen LogP contribution in [0.5, 0.6) is 0 Å². The van der Waals surface area contributed by atoms with Gasteiger partial charge in [-0.2, -0.15) is 0 Å². The molecule has 0 amide bonds. The molecule has 5 atom stereocenters. The maximum Gasteiger partial charge on any atom is 0.192 e. The molecule has 2 rings (SSSR count). The summed E-state index contributed by atoms with van der Waals surface area (Å²) in [4.78, 5) is 0. The van der Waals surface area contributed by atoms with E-state index >= 15 is 0 Å². The molecule has 0 unspecified atom stereocenters. The van der Waals surface area contributed by atoms with Crippen LogP contribution in [0.25, 0.3) is 0 Å². The maximum atomic E-state index is 8.16. The average Bonchev–Trinajstić information content (AvgIpc) is 2.68. The summed E-state index contributed by atoms with van der Waals surface area (Å²) in [5.41, 5.74) is -0.570. The van der Waals surface area contributed by atoms with Crippen molar-refractivity contribution >= 4 is 8.32 Å². The molecule has 0 aliphatic carbocycles. The summed E-state index contributed by atoms with van der Waals surface area (Å²) < 4.78 is 26.6. The molecule has 2 saturated heterocycles. The van der Waals surface area contributed by atoms with Gasteiger partial charge in [0.25, 0.3) is 0 Å². The summed E-state index contributed by atoms with van der Waals surface area (Å²) >= 11 is 0. The minimum absolute atomic E-state index is 0.0121. The summed E-state index contributed by atoms with van der Waals surface area (Å²) in [7, 11) is -1.88. The fraction of sp³-hybridized carbons (Fsp3) is 1.00. The third-order valence-electron chi connectivity index (χ3n) is 4.87. The Labute approximate surface area is 114 Å². The van der Waals surface area contributed by atoms with Gasteiger partial charge in [-0.25, -0.2) is 0 Å².